The first-order valence-electron chi connectivity index (χ1n) is 8.37. The Balaban J connectivity index is 1.61. The Morgan fingerprint density at radius 3 is 2.30 bits per heavy atom. The molecule has 20 heavy (non-hydrogen) atoms. The number of hydrogen-bond acceptors (Lipinski definition) is 2. The predicted molar refractivity (Wildman–Crippen MR) is 77.1 cm³/mol. The van der Waals surface area contributed by atoms with Crippen molar-refractivity contribution >= 4 is 11.8 Å². The van der Waals surface area contributed by atoms with E-state index in [-0.39, 0.29) is 17.9 Å². The molecule has 0 aromatic carbocycles. The zero-order valence-electron chi connectivity index (χ0n) is 12.3. The van der Waals surface area contributed by atoms with Crippen LogP contribution in [0.2, 0.25) is 0 Å². The summed E-state index contributed by atoms with van der Waals surface area (Å²) in [4.78, 5) is 26.6. The fourth-order valence-electron chi connectivity index (χ4n) is 4.14. The maximum absolute atomic E-state index is 12.5. The van der Waals surface area contributed by atoms with E-state index in [2.05, 4.69) is 5.32 Å². The van der Waals surface area contributed by atoms with Gasteiger partial charge in [0.15, 0.2) is 0 Å². The van der Waals surface area contributed by atoms with Gasteiger partial charge in [0.2, 0.25) is 11.8 Å². The molecular weight excluding hydrogens is 252 g/mol. The van der Waals surface area contributed by atoms with E-state index in [1.54, 1.807) is 0 Å². The van der Waals surface area contributed by atoms with E-state index in [0.29, 0.717) is 24.9 Å². The summed E-state index contributed by atoms with van der Waals surface area (Å²) >= 11 is 0. The normalized spacial score (nSPS) is 29.1. The molecule has 2 aliphatic carbocycles. The lowest BCUT2D eigenvalue weighted by Gasteiger charge is -2.32. The third-order valence-electron chi connectivity index (χ3n) is 5.23. The minimum atomic E-state index is -0.187. The van der Waals surface area contributed by atoms with Crippen molar-refractivity contribution in [1.82, 2.24) is 10.2 Å². The number of rotatable bonds is 3. The van der Waals surface area contributed by atoms with E-state index in [0.717, 1.165) is 25.7 Å². The van der Waals surface area contributed by atoms with Crippen molar-refractivity contribution in [3.63, 3.8) is 0 Å². The second-order valence-electron chi connectivity index (χ2n) is 6.64. The topological polar surface area (TPSA) is 49.4 Å². The molecule has 0 radical (unpaired) electrons. The van der Waals surface area contributed by atoms with Gasteiger partial charge in [-0.3, -0.25) is 9.59 Å². The summed E-state index contributed by atoms with van der Waals surface area (Å²) in [5.41, 5.74) is 0. The van der Waals surface area contributed by atoms with Crippen LogP contribution in [0.1, 0.15) is 70.6 Å². The molecule has 3 fully saturated rings. The van der Waals surface area contributed by atoms with E-state index < -0.39 is 0 Å². The summed E-state index contributed by atoms with van der Waals surface area (Å²) in [7, 11) is 0. The fourth-order valence-corrected chi connectivity index (χ4v) is 4.14. The molecule has 2 saturated carbocycles. The van der Waals surface area contributed by atoms with Gasteiger partial charge in [0.1, 0.15) is 6.04 Å². The third-order valence-corrected chi connectivity index (χ3v) is 5.23. The molecule has 1 aliphatic heterocycles. The number of hydrogen-bond donors (Lipinski definition) is 1. The third kappa shape index (κ3) is 2.84. The first kappa shape index (κ1) is 13.9. The number of carbonyl (C=O) groups excluding carboxylic acids is 2. The number of nitrogens with one attached hydrogen (secondary N) is 1. The lowest BCUT2D eigenvalue weighted by atomic mass is 9.95. The first-order chi connectivity index (χ1) is 9.75. The van der Waals surface area contributed by atoms with Gasteiger partial charge in [-0.2, -0.15) is 0 Å². The van der Waals surface area contributed by atoms with Gasteiger partial charge in [0.05, 0.1) is 0 Å². The number of amides is 2. The number of nitrogens with zero attached hydrogens (tertiary/aromatic N) is 1. The maximum Gasteiger partial charge on any atom is 0.243 e. The minimum absolute atomic E-state index is 0.106. The lowest BCUT2D eigenvalue weighted by Crippen LogP contribution is -2.51. The maximum atomic E-state index is 12.5. The minimum Gasteiger partial charge on any atom is -0.352 e. The molecule has 4 heteroatoms. The summed E-state index contributed by atoms with van der Waals surface area (Å²) < 4.78 is 0. The number of carbonyl (C=O) groups is 2. The first-order valence-corrected chi connectivity index (χ1v) is 8.37. The molecular formula is C16H26N2O2. The van der Waals surface area contributed by atoms with Crippen LogP contribution in [0.5, 0.6) is 0 Å². The smallest absolute Gasteiger partial charge is 0.243 e. The highest BCUT2D eigenvalue weighted by Crippen LogP contribution is 2.31. The summed E-state index contributed by atoms with van der Waals surface area (Å²) in [6.45, 7) is 0. The Morgan fingerprint density at radius 2 is 1.60 bits per heavy atom. The molecule has 0 bridgehead atoms. The molecule has 1 atom stereocenters. The van der Waals surface area contributed by atoms with E-state index in [9.17, 15) is 9.59 Å². The van der Waals surface area contributed by atoms with Crippen molar-refractivity contribution in [2.45, 2.75) is 88.8 Å². The highest BCUT2D eigenvalue weighted by Gasteiger charge is 2.41. The Kier molecular flexibility index (Phi) is 4.27. The Morgan fingerprint density at radius 1 is 0.950 bits per heavy atom. The van der Waals surface area contributed by atoms with Crippen molar-refractivity contribution in [3.8, 4) is 0 Å². The largest absolute Gasteiger partial charge is 0.352 e. The highest BCUT2D eigenvalue weighted by atomic mass is 16.2. The molecule has 0 spiro atoms. The Hall–Kier alpha value is -1.06. The van der Waals surface area contributed by atoms with E-state index >= 15 is 0 Å². The molecule has 3 aliphatic rings. The molecule has 1 N–H and O–H groups in total. The van der Waals surface area contributed by atoms with Crippen molar-refractivity contribution in [2.24, 2.45) is 0 Å². The Labute approximate surface area is 121 Å². The van der Waals surface area contributed by atoms with Gasteiger partial charge in [-0.15, -0.1) is 0 Å². The van der Waals surface area contributed by atoms with Crippen LogP contribution in [0.25, 0.3) is 0 Å². The van der Waals surface area contributed by atoms with Crippen molar-refractivity contribution < 1.29 is 9.59 Å². The molecule has 1 unspecified atom stereocenters. The second-order valence-corrected chi connectivity index (χ2v) is 6.64. The summed E-state index contributed by atoms with van der Waals surface area (Å²) in [6.07, 6.45) is 11.8. The van der Waals surface area contributed by atoms with Crippen LogP contribution < -0.4 is 5.32 Å². The van der Waals surface area contributed by atoms with E-state index in [1.165, 1.54) is 32.1 Å². The van der Waals surface area contributed by atoms with Crippen LogP contribution in [0, 0.1) is 0 Å². The van der Waals surface area contributed by atoms with Crippen LogP contribution in [0.15, 0.2) is 0 Å². The highest BCUT2D eigenvalue weighted by molar-refractivity contribution is 5.91. The summed E-state index contributed by atoms with van der Waals surface area (Å²) in [6, 6.07) is 0.483. The number of likely N-dealkylation sites (tertiary alicyclic amines) is 1. The molecule has 0 aromatic rings. The average molecular weight is 278 g/mol. The molecule has 112 valence electrons. The summed E-state index contributed by atoms with van der Waals surface area (Å²) in [5, 5.41) is 3.20. The molecule has 3 rings (SSSR count). The Bertz CT molecular complexity index is 371. The van der Waals surface area contributed by atoms with Gasteiger partial charge in [-0.1, -0.05) is 32.1 Å². The van der Waals surface area contributed by atoms with Gasteiger partial charge >= 0.3 is 0 Å². The quantitative estimate of drug-likeness (QED) is 0.861. The summed E-state index contributed by atoms with van der Waals surface area (Å²) in [5.74, 6) is 0.301. The van der Waals surface area contributed by atoms with Crippen LogP contribution in [-0.2, 0) is 9.59 Å². The van der Waals surface area contributed by atoms with Gasteiger partial charge in [-0.25, -0.2) is 0 Å². The predicted octanol–water partition coefficient (Wildman–Crippen LogP) is 2.37. The molecule has 1 saturated heterocycles. The zero-order valence-corrected chi connectivity index (χ0v) is 12.3. The van der Waals surface area contributed by atoms with Gasteiger partial charge in [-0.05, 0) is 32.1 Å². The monoisotopic (exact) mass is 278 g/mol. The van der Waals surface area contributed by atoms with E-state index in [4.69, 9.17) is 0 Å². The van der Waals surface area contributed by atoms with Gasteiger partial charge in [0.25, 0.3) is 0 Å². The average Bonchev–Trinajstić information content (AvgIpc) is 3.08. The SMILES string of the molecule is O=C(NC1CCCCC1)C1CCC(=O)N1C1CCCC1. The van der Waals surface area contributed by atoms with Crippen molar-refractivity contribution in [1.29, 1.82) is 0 Å². The zero-order chi connectivity index (χ0) is 13.9. The lowest BCUT2D eigenvalue weighted by molar-refractivity contribution is -0.137. The van der Waals surface area contributed by atoms with E-state index in [1.807, 2.05) is 4.90 Å². The van der Waals surface area contributed by atoms with Crippen LogP contribution in [0.3, 0.4) is 0 Å². The molecule has 0 aromatic heterocycles. The molecule has 4 nitrogen and oxygen atoms in total. The van der Waals surface area contributed by atoms with Crippen molar-refractivity contribution in [2.75, 3.05) is 0 Å². The van der Waals surface area contributed by atoms with Gasteiger partial charge in [0, 0.05) is 18.5 Å². The molecule has 1 heterocycles. The van der Waals surface area contributed by atoms with Crippen LogP contribution in [0.4, 0.5) is 0 Å². The second kappa shape index (κ2) is 6.15. The van der Waals surface area contributed by atoms with Gasteiger partial charge < -0.3 is 10.2 Å². The van der Waals surface area contributed by atoms with Crippen LogP contribution >= 0.6 is 0 Å². The standard InChI is InChI=1S/C16H26N2O2/c19-15-11-10-14(18(15)13-8-4-5-9-13)16(20)17-12-6-2-1-3-7-12/h12-14H,1-11H2,(H,17,20). The van der Waals surface area contributed by atoms with Crippen LogP contribution in [-0.4, -0.2) is 34.8 Å². The fraction of sp³-hybridized carbons (Fsp3) is 0.875. The van der Waals surface area contributed by atoms with Crippen molar-refractivity contribution in [3.05, 3.63) is 0 Å². The molecule has 2 amide bonds.